The number of nitrogens with zero attached hydrogens (tertiary/aromatic N) is 5. The lowest BCUT2D eigenvalue weighted by atomic mass is 10.3. The molecule has 0 unspecified atom stereocenters. The minimum absolute atomic E-state index is 0.129. The normalized spacial score (nSPS) is 11.0. The van der Waals surface area contributed by atoms with Crippen LogP contribution in [0, 0.1) is 6.92 Å². The van der Waals surface area contributed by atoms with Crippen molar-refractivity contribution in [3.05, 3.63) is 23.7 Å². The Morgan fingerprint density at radius 1 is 1.37 bits per heavy atom. The molecular weight excluding hydrogens is 244 g/mol. The van der Waals surface area contributed by atoms with Gasteiger partial charge in [0.25, 0.3) is 5.91 Å². The third-order valence-electron chi connectivity index (χ3n) is 2.76. The van der Waals surface area contributed by atoms with Gasteiger partial charge in [0.05, 0.1) is 18.4 Å². The van der Waals surface area contributed by atoms with Gasteiger partial charge in [-0.25, -0.2) is 4.68 Å². The number of carbonyl (C=O) groups is 1. The van der Waals surface area contributed by atoms with E-state index < -0.39 is 0 Å². The van der Waals surface area contributed by atoms with Crippen LogP contribution in [0.3, 0.4) is 0 Å². The van der Waals surface area contributed by atoms with Crippen LogP contribution in [-0.4, -0.2) is 30.7 Å². The number of hydrogen-bond acceptors (Lipinski definition) is 4. The van der Waals surface area contributed by atoms with Gasteiger partial charge < -0.3 is 5.32 Å². The molecule has 2 aromatic rings. The summed E-state index contributed by atoms with van der Waals surface area (Å²) in [5, 5.41) is 15.2. The Morgan fingerprint density at radius 2 is 2.11 bits per heavy atom. The maximum absolute atomic E-state index is 12.1. The number of amides is 1. The molecule has 19 heavy (non-hydrogen) atoms. The minimum atomic E-state index is -0.273. The van der Waals surface area contributed by atoms with E-state index in [-0.39, 0.29) is 11.9 Å². The van der Waals surface area contributed by atoms with E-state index >= 15 is 0 Å². The van der Waals surface area contributed by atoms with E-state index in [1.165, 1.54) is 11.0 Å². The van der Waals surface area contributed by atoms with Crippen molar-refractivity contribution in [1.82, 2.24) is 24.8 Å². The zero-order valence-electron chi connectivity index (χ0n) is 11.6. The van der Waals surface area contributed by atoms with Crippen molar-refractivity contribution in [2.24, 2.45) is 0 Å². The van der Waals surface area contributed by atoms with Crippen LogP contribution < -0.4 is 5.32 Å². The second kappa shape index (κ2) is 5.21. The minimum Gasteiger partial charge on any atom is -0.305 e. The lowest BCUT2D eigenvalue weighted by molar-refractivity contribution is 0.102. The van der Waals surface area contributed by atoms with Crippen molar-refractivity contribution >= 4 is 11.7 Å². The summed E-state index contributed by atoms with van der Waals surface area (Å²) in [6.45, 7) is 8.48. The molecule has 0 radical (unpaired) electrons. The number of carbonyl (C=O) groups excluding carboxylic acids is 1. The molecular formula is C12H18N6O. The Kier molecular flexibility index (Phi) is 3.64. The molecule has 0 aliphatic carbocycles. The zero-order valence-corrected chi connectivity index (χ0v) is 11.6. The van der Waals surface area contributed by atoms with Gasteiger partial charge in [0.15, 0.2) is 5.69 Å². The summed E-state index contributed by atoms with van der Waals surface area (Å²) < 4.78 is 1.74. The predicted molar refractivity (Wildman–Crippen MR) is 71.0 cm³/mol. The van der Waals surface area contributed by atoms with Crippen LogP contribution in [0.25, 0.3) is 0 Å². The Hall–Kier alpha value is -2.18. The van der Waals surface area contributed by atoms with Crippen molar-refractivity contribution in [2.45, 2.75) is 40.3 Å². The molecule has 102 valence electrons. The molecule has 2 rings (SSSR count). The smallest absolute Gasteiger partial charge is 0.278 e. The van der Waals surface area contributed by atoms with E-state index in [0.29, 0.717) is 18.1 Å². The highest BCUT2D eigenvalue weighted by atomic mass is 16.2. The molecule has 2 heterocycles. The van der Waals surface area contributed by atoms with Gasteiger partial charge in [0.1, 0.15) is 5.82 Å². The largest absolute Gasteiger partial charge is 0.305 e. The highest BCUT2D eigenvalue weighted by Gasteiger charge is 2.15. The predicted octanol–water partition coefficient (Wildman–Crippen LogP) is 1.64. The van der Waals surface area contributed by atoms with Crippen molar-refractivity contribution in [3.8, 4) is 0 Å². The third-order valence-corrected chi connectivity index (χ3v) is 2.76. The van der Waals surface area contributed by atoms with Gasteiger partial charge in [-0.2, -0.15) is 15.0 Å². The van der Waals surface area contributed by atoms with Gasteiger partial charge in [-0.15, -0.1) is 5.10 Å². The van der Waals surface area contributed by atoms with Gasteiger partial charge in [-0.05, 0) is 27.7 Å². The quantitative estimate of drug-likeness (QED) is 0.908. The lowest BCUT2D eigenvalue weighted by Crippen LogP contribution is -2.17. The average molecular weight is 262 g/mol. The molecule has 0 saturated heterocycles. The molecule has 0 spiro atoms. The molecule has 0 bridgehead atoms. The number of nitrogens with one attached hydrogen (secondary N) is 1. The molecule has 1 amide bonds. The SMILES string of the molecule is CCn1ncc(C)c1NC(=O)c1cnn(C(C)C)n1. The van der Waals surface area contributed by atoms with E-state index in [2.05, 4.69) is 20.6 Å². The third kappa shape index (κ3) is 2.64. The van der Waals surface area contributed by atoms with Crippen LogP contribution in [0.2, 0.25) is 0 Å². The summed E-state index contributed by atoms with van der Waals surface area (Å²) in [6, 6.07) is 0.129. The Labute approximate surface area is 111 Å². The fraction of sp³-hybridized carbons (Fsp3) is 0.500. The monoisotopic (exact) mass is 262 g/mol. The highest BCUT2D eigenvalue weighted by Crippen LogP contribution is 2.14. The summed E-state index contributed by atoms with van der Waals surface area (Å²) in [7, 11) is 0. The fourth-order valence-electron chi connectivity index (χ4n) is 1.68. The van der Waals surface area contributed by atoms with Gasteiger partial charge in [-0.3, -0.25) is 4.79 Å². The average Bonchev–Trinajstić information content (AvgIpc) is 2.97. The Bertz CT molecular complexity index is 583. The first-order chi connectivity index (χ1) is 9.02. The molecule has 0 saturated carbocycles. The topological polar surface area (TPSA) is 77.6 Å². The first kappa shape index (κ1) is 13.3. The molecule has 0 aromatic carbocycles. The van der Waals surface area contributed by atoms with Crippen LogP contribution in [0.4, 0.5) is 5.82 Å². The van der Waals surface area contributed by atoms with Crippen molar-refractivity contribution in [1.29, 1.82) is 0 Å². The van der Waals surface area contributed by atoms with Crippen molar-refractivity contribution in [3.63, 3.8) is 0 Å². The van der Waals surface area contributed by atoms with Crippen molar-refractivity contribution in [2.75, 3.05) is 5.32 Å². The summed E-state index contributed by atoms with van der Waals surface area (Å²) in [6.07, 6.45) is 3.20. The van der Waals surface area contributed by atoms with Gasteiger partial charge in [-0.1, -0.05) is 0 Å². The van der Waals surface area contributed by atoms with E-state index in [1.807, 2.05) is 27.7 Å². The fourth-order valence-corrected chi connectivity index (χ4v) is 1.68. The lowest BCUT2D eigenvalue weighted by Gasteiger charge is -2.07. The number of hydrogen-bond donors (Lipinski definition) is 1. The molecule has 0 aliphatic rings. The molecule has 7 heteroatoms. The van der Waals surface area contributed by atoms with E-state index in [1.54, 1.807) is 10.9 Å². The maximum atomic E-state index is 12.1. The summed E-state index contributed by atoms with van der Waals surface area (Å²) in [4.78, 5) is 13.6. The van der Waals surface area contributed by atoms with Crippen LogP contribution in [0.1, 0.15) is 42.9 Å². The molecule has 1 N–H and O–H groups in total. The first-order valence-electron chi connectivity index (χ1n) is 6.28. The summed E-state index contributed by atoms with van der Waals surface area (Å²) >= 11 is 0. The highest BCUT2D eigenvalue weighted by molar-refractivity contribution is 6.02. The summed E-state index contributed by atoms with van der Waals surface area (Å²) in [5.74, 6) is 0.428. The number of rotatable bonds is 4. The molecule has 7 nitrogen and oxygen atoms in total. The molecule has 0 fully saturated rings. The maximum Gasteiger partial charge on any atom is 0.278 e. The van der Waals surface area contributed by atoms with Gasteiger partial charge in [0, 0.05) is 12.1 Å². The molecule has 0 aliphatic heterocycles. The number of aromatic nitrogens is 5. The van der Waals surface area contributed by atoms with Crippen molar-refractivity contribution < 1.29 is 4.79 Å². The van der Waals surface area contributed by atoms with Crippen LogP contribution in [0.5, 0.6) is 0 Å². The second-order valence-corrected chi connectivity index (χ2v) is 4.59. The summed E-state index contributed by atoms with van der Waals surface area (Å²) in [5.41, 5.74) is 1.23. The van der Waals surface area contributed by atoms with E-state index in [0.717, 1.165) is 5.56 Å². The Morgan fingerprint density at radius 3 is 2.68 bits per heavy atom. The standard InChI is InChI=1S/C12H18N6O/c1-5-17-11(9(4)6-13-17)15-12(19)10-7-14-18(16-10)8(2)3/h6-8H,5H2,1-4H3,(H,15,19). The second-order valence-electron chi connectivity index (χ2n) is 4.59. The van der Waals surface area contributed by atoms with Crippen LogP contribution >= 0.6 is 0 Å². The van der Waals surface area contributed by atoms with E-state index in [4.69, 9.17) is 0 Å². The molecule has 2 aromatic heterocycles. The molecule has 0 atom stereocenters. The zero-order chi connectivity index (χ0) is 14.0. The van der Waals surface area contributed by atoms with E-state index in [9.17, 15) is 4.79 Å². The first-order valence-corrected chi connectivity index (χ1v) is 6.28. The van der Waals surface area contributed by atoms with Crippen LogP contribution in [0.15, 0.2) is 12.4 Å². The Balaban J connectivity index is 2.18. The van der Waals surface area contributed by atoms with Gasteiger partial charge >= 0.3 is 0 Å². The number of anilines is 1. The number of aryl methyl sites for hydroxylation is 2. The van der Waals surface area contributed by atoms with Crippen LogP contribution in [-0.2, 0) is 6.54 Å². The van der Waals surface area contributed by atoms with Gasteiger partial charge in [0.2, 0.25) is 0 Å².